The molecule has 3 aromatic rings. The van der Waals surface area contributed by atoms with E-state index in [2.05, 4.69) is 71.9 Å². The summed E-state index contributed by atoms with van der Waals surface area (Å²) in [7, 11) is 0. The molecule has 1 aromatic heterocycles. The molecule has 0 aliphatic carbocycles. The predicted octanol–water partition coefficient (Wildman–Crippen LogP) is 7.09. The van der Waals surface area contributed by atoms with Crippen LogP contribution in [0.25, 0.3) is 16.8 Å². The van der Waals surface area contributed by atoms with Gasteiger partial charge in [-0.1, -0.05) is 94.3 Å². The van der Waals surface area contributed by atoms with Crippen molar-refractivity contribution in [3.05, 3.63) is 66.9 Å². The minimum atomic E-state index is 1.00. The Labute approximate surface area is 169 Å². The lowest BCUT2D eigenvalue weighted by Gasteiger charge is -2.11. The zero-order chi connectivity index (χ0) is 19.4. The topological polar surface area (TPSA) is 29.9 Å². The molecule has 3 heteroatoms. The zero-order valence-corrected chi connectivity index (χ0v) is 17.1. The van der Waals surface area contributed by atoms with Crippen LogP contribution in [0.4, 0.5) is 5.82 Å². The Balaban J connectivity index is 1.46. The average Bonchev–Trinajstić information content (AvgIpc) is 3.22. The molecule has 3 nitrogen and oxygen atoms in total. The molecule has 1 N–H and O–H groups in total. The number of hydrogen-bond acceptors (Lipinski definition) is 2. The van der Waals surface area contributed by atoms with Gasteiger partial charge in [0.05, 0.1) is 11.9 Å². The fraction of sp³-hybridized carbons (Fsp3) is 0.400. The normalized spacial score (nSPS) is 10.9. The first kappa shape index (κ1) is 20.2. The van der Waals surface area contributed by atoms with Crippen molar-refractivity contribution in [2.75, 3.05) is 11.9 Å². The highest BCUT2D eigenvalue weighted by Crippen LogP contribution is 2.22. The van der Waals surface area contributed by atoms with E-state index in [0.717, 1.165) is 18.1 Å². The number of nitrogens with zero attached hydrogens (tertiary/aromatic N) is 2. The summed E-state index contributed by atoms with van der Waals surface area (Å²) in [4.78, 5) is 0. The molecule has 148 valence electrons. The van der Waals surface area contributed by atoms with Crippen LogP contribution in [0.5, 0.6) is 0 Å². The van der Waals surface area contributed by atoms with E-state index in [1.807, 2.05) is 16.9 Å². The number of unbranched alkanes of at least 4 members (excludes halogenated alkanes) is 7. The minimum absolute atomic E-state index is 1.00. The number of nitrogens with one attached hydrogen (secondary N) is 1. The van der Waals surface area contributed by atoms with Crippen LogP contribution in [0.15, 0.2) is 66.9 Å². The number of benzene rings is 2. The van der Waals surface area contributed by atoms with Gasteiger partial charge in [0.25, 0.3) is 0 Å². The second-order valence-electron chi connectivity index (χ2n) is 7.44. The summed E-state index contributed by atoms with van der Waals surface area (Å²) in [5, 5.41) is 8.05. The van der Waals surface area contributed by atoms with E-state index < -0.39 is 0 Å². The van der Waals surface area contributed by atoms with Crippen molar-refractivity contribution >= 4 is 5.82 Å². The van der Waals surface area contributed by atoms with Crippen LogP contribution < -0.4 is 5.32 Å². The summed E-state index contributed by atoms with van der Waals surface area (Å²) in [6, 6.07) is 21.1. The zero-order valence-electron chi connectivity index (χ0n) is 17.1. The van der Waals surface area contributed by atoms with E-state index in [4.69, 9.17) is 0 Å². The summed E-state index contributed by atoms with van der Waals surface area (Å²) in [5.41, 5.74) is 3.55. The highest BCUT2D eigenvalue weighted by molar-refractivity contribution is 5.64. The van der Waals surface area contributed by atoms with E-state index in [9.17, 15) is 0 Å². The van der Waals surface area contributed by atoms with Gasteiger partial charge in [0.1, 0.15) is 5.82 Å². The molecule has 0 radical (unpaired) electrons. The van der Waals surface area contributed by atoms with Gasteiger partial charge in [-0.3, -0.25) is 0 Å². The van der Waals surface area contributed by atoms with Crippen molar-refractivity contribution in [1.82, 2.24) is 9.78 Å². The van der Waals surface area contributed by atoms with Crippen LogP contribution in [-0.2, 0) is 0 Å². The quantitative estimate of drug-likeness (QED) is 0.342. The maximum atomic E-state index is 4.50. The molecule has 0 aliphatic rings. The molecule has 0 bridgehead atoms. The molecule has 2 aromatic carbocycles. The third-order valence-corrected chi connectivity index (χ3v) is 5.20. The standard InChI is InChI=1S/C25H33N3/c1-2-3-4-5-6-7-8-12-20-26-25-19-21-27-28(25)24-17-15-23(16-18-24)22-13-10-9-11-14-22/h9-11,13-19,21,26H,2-8,12,20H2,1H3. The van der Waals surface area contributed by atoms with Gasteiger partial charge in [0, 0.05) is 12.6 Å². The third-order valence-electron chi connectivity index (χ3n) is 5.20. The van der Waals surface area contributed by atoms with Crippen LogP contribution in [0.3, 0.4) is 0 Å². The van der Waals surface area contributed by atoms with Gasteiger partial charge in [-0.25, -0.2) is 4.68 Å². The summed E-state index contributed by atoms with van der Waals surface area (Å²) < 4.78 is 1.99. The minimum Gasteiger partial charge on any atom is -0.370 e. The summed E-state index contributed by atoms with van der Waals surface area (Å²) in [6.07, 6.45) is 12.6. The molecular formula is C25H33N3. The van der Waals surface area contributed by atoms with E-state index in [1.54, 1.807) is 0 Å². The Morgan fingerprint density at radius 1 is 0.714 bits per heavy atom. The first-order valence-electron chi connectivity index (χ1n) is 10.8. The third kappa shape index (κ3) is 5.98. The molecule has 0 saturated heterocycles. The lowest BCUT2D eigenvalue weighted by molar-refractivity contribution is 0.580. The molecule has 0 atom stereocenters. The van der Waals surface area contributed by atoms with E-state index in [1.165, 1.54) is 62.5 Å². The highest BCUT2D eigenvalue weighted by Gasteiger charge is 2.05. The molecule has 0 amide bonds. The monoisotopic (exact) mass is 375 g/mol. The molecule has 28 heavy (non-hydrogen) atoms. The van der Waals surface area contributed by atoms with Crippen molar-refractivity contribution in [2.24, 2.45) is 0 Å². The van der Waals surface area contributed by atoms with Crippen LogP contribution in [0.1, 0.15) is 58.3 Å². The van der Waals surface area contributed by atoms with Gasteiger partial charge >= 0.3 is 0 Å². The predicted molar refractivity (Wildman–Crippen MR) is 120 cm³/mol. The van der Waals surface area contributed by atoms with Gasteiger partial charge < -0.3 is 5.32 Å². The molecule has 0 spiro atoms. The Kier molecular flexibility index (Phi) is 8.17. The fourth-order valence-electron chi connectivity index (χ4n) is 3.54. The number of aromatic nitrogens is 2. The Hall–Kier alpha value is -2.55. The smallest absolute Gasteiger partial charge is 0.129 e. The Bertz CT molecular complexity index is 790. The van der Waals surface area contributed by atoms with Gasteiger partial charge in [-0.15, -0.1) is 0 Å². The lowest BCUT2D eigenvalue weighted by atomic mass is 10.1. The van der Waals surface area contributed by atoms with Crippen molar-refractivity contribution in [1.29, 1.82) is 0 Å². The van der Waals surface area contributed by atoms with Crippen LogP contribution in [-0.4, -0.2) is 16.3 Å². The van der Waals surface area contributed by atoms with Crippen molar-refractivity contribution in [3.8, 4) is 16.8 Å². The number of rotatable bonds is 12. The second kappa shape index (κ2) is 11.3. The van der Waals surface area contributed by atoms with Crippen LogP contribution in [0.2, 0.25) is 0 Å². The summed E-state index contributed by atoms with van der Waals surface area (Å²) in [6.45, 7) is 3.27. The van der Waals surface area contributed by atoms with E-state index >= 15 is 0 Å². The first-order chi connectivity index (χ1) is 13.9. The molecule has 0 saturated carbocycles. The lowest BCUT2D eigenvalue weighted by Crippen LogP contribution is -2.07. The first-order valence-corrected chi connectivity index (χ1v) is 10.8. The van der Waals surface area contributed by atoms with Crippen molar-refractivity contribution in [3.63, 3.8) is 0 Å². The van der Waals surface area contributed by atoms with Crippen molar-refractivity contribution in [2.45, 2.75) is 58.3 Å². The Morgan fingerprint density at radius 2 is 1.36 bits per heavy atom. The molecule has 0 fully saturated rings. The fourth-order valence-corrected chi connectivity index (χ4v) is 3.54. The van der Waals surface area contributed by atoms with Gasteiger partial charge in [0.2, 0.25) is 0 Å². The second-order valence-corrected chi connectivity index (χ2v) is 7.44. The average molecular weight is 376 g/mol. The van der Waals surface area contributed by atoms with E-state index in [0.29, 0.717) is 0 Å². The largest absolute Gasteiger partial charge is 0.370 e. The number of hydrogen-bond donors (Lipinski definition) is 1. The van der Waals surface area contributed by atoms with Gasteiger partial charge in [-0.05, 0) is 29.7 Å². The van der Waals surface area contributed by atoms with Crippen LogP contribution in [0, 0.1) is 0 Å². The molecule has 3 rings (SSSR count). The SMILES string of the molecule is CCCCCCCCCCNc1ccnn1-c1ccc(-c2ccccc2)cc1. The maximum absolute atomic E-state index is 4.50. The molecule has 1 heterocycles. The van der Waals surface area contributed by atoms with Gasteiger partial charge in [-0.2, -0.15) is 5.10 Å². The summed E-state index contributed by atoms with van der Waals surface area (Å²) >= 11 is 0. The van der Waals surface area contributed by atoms with Crippen molar-refractivity contribution < 1.29 is 0 Å². The van der Waals surface area contributed by atoms with Gasteiger partial charge in [0.15, 0.2) is 0 Å². The van der Waals surface area contributed by atoms with Crippen LogP contribution >= 0.6 is 0 Å². The molecule has 0 unspecified atom stereocenters. The maximum Gasteiger partial charge on any atom is 0.129 e. The Morgan fingerprint density at radius 3 is 2.07 bits per heavy atom. The molecular weight excluding hydrogens is 342 g/mol. The highest BCUT2D eigenvalue weighted by atomic mass is 15.3. The number of anilines is 1. The molecule has 0 aliphatic heterocycles. The summed E-state index contributed by atoms with van der Waals surface area (Å²) in [5.74, 6) is 1.07. The van der Waals surface area contributed by atoms with E-state index in [-0.39, 0.29) is 0 Å².